The number of aromatic nitrogens is 1. The summed E-state index contributed by atoms with van der Waals surface area (Å²) in [6.45, 7) is 0. The molecule has 0 aliphatic heterocycles. The standard InChI is InChI=1S/C11H12N2O2/c1-12-11(15)7-5-9-8(10(14)6-7)3-4-13(9)2/h3-6,14H,1-2H3,(H,12,15). The molecule has 15 heavy (non-hydrogen) atoms. The largest absolute Gasteiger partial charge is 0.507 e. The Kier molecular flexibility index (Phi) is 2.11. The van der Waals surface area contributed by atoms with Gasteiger partial charge in [0.15, 0.2) is 0 Å². The molecule has 0 aliphatic rings. The molecule has 0 radical (unpaired) electrons. The molecule has 2 aromatic rings. The topological polar surface area (TPSA) is 54.3 Å². The number of hydrogen-bond donors (Lipinski definition) is 2. The molecule has 0 bridgehead atoms. The second-order valence-corrected chi connectivity index (χ2v) is 3.43. The third-order valence-electron chi connectivity index (χ3n) is 2.47. The highest BCUT2D eigenvalue weighted by molar-refractivity contribution is 5.99. The number of nitrogens with one attached hydrogen (secondary N) is 1. The predicted molar refractivity (Wildman–Crippen MR) is 58.0 cm³/mol. The number of benzene rings is 1. The van der Waals surface area contributed by atoms with E-state index in [1.807, 2.05) is 23.9 Å². The zero-order valence-corrected chi connectivity index (χ0v) is 8.61. The van der Waals surface area contributed by atoms with Crippen molar-refractivity contribution in [1.82, 2.24) is 9.88 Å². The number of carbonyl (C=O) groups is 1. The van der Waals surface area contributed by atoms with Crippen molar-refractivity contribution in [3.63, 3.8) is 0 Å². The van der Waals surface area contributed by atoms with E-state index < -0.39 is 0 Å². The number of carbonyl (C=O) groups excluding carboxylic acids is 1. The number of hydrogen-bond acceptors (Lipinski definition) is 2. The van der Waals surface area contributed by atoms with Crippen LogP contribution >= 0.6 is 0 Å². The van der Waals surface area contributed by atoms with Crippen LogP contribution < -0.4 is 5.32 Å². The van der Waals surface area contributed by atoms with E-state index >= 15 is 0 Å². The second-order valence-electron chi connectivity index (χ2n) is 3.43. The zero-order valence-electron chi connectivity index (χ0n) is 8.61. The summed E-state index contributed by atoms with van der Waals surface area (Å²) in [4.78, 5) is 11.4. The Bertz CT molecular complexity index is 529. The van der Waals surface area contributed by atoms with Gasteiger partial charge in [-0.1, -0.05) is 0 Å². The molecular weight excluding hydrogens is 192 g/mol. The van der Waals surface area contributed by atoms with Gasteiger partial charge in [-0.15, -0.1) is 0 Å². The third kappa shape index (κ3) is 1.44. The highest BCUT2D eigenvalue weighted by Crippen LogP contribution is 2.26. The molecule has 0 saturated heterocycles. The molecule has 2 rings (SSSR count). The van der Waals surface area contributed by atoms with Gasteiger partial charge in [0.1, 0.15) is 5.75 Å². The van der Waals surface area contributed by atoms with Gasteiger partial charge in [0.2, 0.25) is 0 Å². The number of aryl methyl sites for hydroxylation is 1. The van der Waals surface area contributed by atoms with Crippen LogP contribution in [0, 0.1) is 0 Å². The number of phenols is 1. The molecule has 78 valence electrons. The summed E-state index contributed by atoms with van der Waals surface area (Å²) in [7, 11) is 3.43. The summed E-state index contributed by atoms with van der Waals surface area (Å²) in [6.07, 6.45) is 1.85. The van der Waals surface area contributed by atoms with Crippen LogP contribution in [0.5, 0.6) is 5.75 Å². The lowest BCUT2D eigenvalue weighted by atomic mass is 10.1. The van der Waals surface area contributed by atoms with Crippen LogP contribution in [0.3, 0.4) is 0 Å². The lowest BCUT2D eigenvalue weighted by molar-refractivity contribution is 0.0963. The van der Waals surface area contributed by atoms with Gasteiger partial charge >= 0.3 is 0 Å². The van der Waals surface area contributed by atoms with E-state index in [-0.39, 0.29) is 11.7 Å². The van der Waals surface area contributed by atoms with Gasteiger partial charge in [-0.05, 0) is 18.2 Å². The molecule has 1 aromatic carbocycles. The van der Waals surface area contributed by atoms with Crippen LogP contribution in [0.25, 0.3) is 10.9 Å². The van der Waals surface area contributed by atoms with E-state index in [1.165, 1.54) is 6.07 Å². The summed E-state index contributed by atoms with van der Waals surface area (Å²) >= 11 is 0. The van der Waals surface area contributed by atoms with E-state index in [2.05, 4.69) is 5.32 Å². The van der Waals surface area contributed by atoms with E-state index in [9.17, 15) is 9.90 Å². The van der Waals surface area contributed by atoms with Gasteiger partial charge in [0.05, 0.1) is 5.52 Å². The van der Waals surface area contributed by atoms with Crippen LogP contribution in [0.4, 0.5) is 0 Å². The van der Waals surface area contributed by atoms with Crippen molar-refractivity contribution in [2.45, 2.75) is 0 Å². The number of amides is 1. The summed E-state index contributed by atoms with van der Waals surface area (Å²) in [5, 5.41) is 13.0. The predicted octanol–water partition coefficient (Wildman–Crippen LogP) is 1.24. The van der Waals surface area contributed by atoms with Crippen molar-refractivity contribution >= 4 is 16.8 Å². The molecule has 0 saturated carbocycles. The lowest BCUT2D eigenvalue weighted by Crippen LogP contribution is -2.17. The Balaban J connectivity index is 2.70. The summed E-state index contributed by atoms with van der Waals surface area (Å²) in [5.41, 5.74) is 1.30. The van der Waals surface area contributed by atoms with Crippen LogP contribution in [0.2, 0.25) is 0 Å². The average molecular weight is 204 g/mol. The molecule has 0 aliphatic carbocycles. The van der Waals surface area contributed by atoms with E-state index in [1.54, 1.807) is 13.1 Å². The van der Waals surface area contributed by atoms with Gasteiger partial charge in [-0.25, -0.2) is 0 Å². The van der Waals surface area contributed by atoms with Crippen LogP contribution in [0.15, 0.2) is 24.4 Å². The molecule has 0 unspecified atom stereocenters. The summed E-state index contributed by atoms with van der Waals surface area (Å²) in [6, 6.07) is 5.05. The van der Waals surface area contributed by atoms with Gasteiger partial charge in [0.25, 0.3) is 5.91 Å². The molecule has 0 spiro atoms. The first kappa shape index (κ1) is 9.58. The van der Waals surface area contributed by atoms with Crippen molar-refractivity contribution in [1.29, 1.82) is 0 Å². The molecule has 2 N–H and O–H groups in total. The van der Waals surface area contributed by atoms with Crippen molar-refractivity contribution in [3.8, 4) is 5.75 Å². The molecule has 1 aromatic heterocycles. The molecule has 1 heterocycles. The normalized spacial score (nSPS) is 10.5. The van der Waals surface area contributed by atoms with Gasteiger partial charge in [0, 0.05) is 31.2 Å². The van der Waals surface area contributed by atoms with Crippen molar-refractivity contribution in [2.75, 3.05) is 7.05 Å². The molecule has 0 fully saturated rings. The SMILES string of the molecule is CNC(=O)c1cc(O)c2ccn(C)c2c1. The third-order valence-corrected chi connectivity index (χ3v) is 2.47. The minimum Gasteiger partial charge on any atom is -0.507 e. The number of rotatable bonds is 1. The van der Waals surface area contributed by atoms with E-state index in [0.717, 1.165) is 10.9 Å². The fourth-order valence-corrected chi connectivity index (χ4v) is 1.63. The first-order valence-corrected chi connectivity index (χ1v) is 4.63. The van der Waals surface area contributed by atoms with Gasteiger partial charge < -0.3 is 15.0 Å². The van der Waals surface area contributed by atoms with Crippen molar-refractivity contribution in [2.24, 2.45) is 7.05 Å². The fraction of sp³-hybridized carbons (Fsp3) is 0.182. The van der Waals surface area contributed by atoms with Crippen LogP contribution in [-0.2, 0) is 7.05 Å². The molecular formula is C11H12N2O2. The minimum atomic E-state index is -0.201. The maximum atomic E-state index is 11.4. The Morgan fingerprint density at radius 3 is 2.87 bits per heavy atom. The van der Waals surface area contributed by atoms with Crippen LogP contribution in [0.1, 0.15) is 10.4 Å². The number of nitrogens with zero attached hydrogens (tertiary/aromatic N) is 1. The Hall–Kier alpha value is -1.97. The molecule has 4 heteroatoms. The fourth-order valence-electron chi connectivity index (χ4n) is 1.63. The highest BCUT2D eigenvalue weighted by atomic mass is 16.3. The molecule has 0 atom stereocenters. The summed E-state index contributed by atoms with van der Waals surface area (Å²) in [5.74, 6) is -0.0694. The van der Waals surface area contributed by atoms with E-state index in [4.69, 9.17) is 0 Å². The van der Waals surface area contributed by atoms with Crippen LogP contribution in [-0.4, -0.2) is 22.6 Å². The zero-order chi connectivity index (χ0) is 11.0. The highest BCUT2D eigenvalue weighted by Gasteiger charge is 2.10. The van der Waals surface area contributed by atoms with Crippen molar-refractivity contribution < 1.29 is 9.90 Å². The molecule has 1 amide bonds. The van der Waals surface area contributed by atoms with Gasteiger partial charge in [-0.2, -0.15) is 0 Å². The average Bonchev–Trinajstić information content (AvgIpc) is 2.60. The lowest BCUT2D eigenvalue weighted by Gasteiger charge is -2.03. The first-order valence-electron chi connectivity index (χ1n) is 4.63. The Morgan fingerprint density at radius 2 is 2.20 bits per heavy atom. The quantitative estimate of drug-likeness (QED) is 0.734. The Labute approximate surface area is 87.1 Å². The number of phenolic OH excluding ortho intramolecular Hbond substituents is 1. The minimum absolute atomic E-state index is 0.131. The van der Waals surface area contributed by atoms with E-state index in [0.29, 0.717) is 5.56 Å². The smallest absolute Gasteiger partial charge is 0.251 e. The molecule has 4 nitrogen and oxygen atoms in total. The van der Waals surface area contributed by atoms with Gasteiger partial charge in [-0.3, -0.25) is 4.79 Å². The number of fused-ring (bicyclic) bond motifs is 1. The number of aromatic hydroxyl groups is 1. The second kappa shape index (κ2) is 3.31. The van der Waals surface area contributed by atoms with Crippen molar-refractivity contribution in [3.05, 3.63) is 30.0 Å². The monoisotopic (exact) mass is 204 g/mol. The maximum absolute atomic E-state index is 11.4. The summed E-state index contributed by atoms with van der Waals surface area (Å²) < 4.78 is 1.86. The maximum Gasteiger partial charge on any atom is 0.251 e. The Morgan fingerprint density at radius 1 is 1.47 bits per heavy atom. The first-order chi connectivity index (χ1) is 7.13.